The molecule has 184 valence electrons. The predicted molar refractivity (Wildman–Crippen MR) is 121 cm³/mol. The van der Waals surface area contributed by atoms with Crippen LogP contribution in [0.1, 0.15) is 45.8 Å². The first-order valence-electron chi connectivity index (χ1n) is 11.3. The van der Waals surface area contributed by atoms with Gasteiger partial charge in [0.05, 0.1) is 13.2 Å². The molecule has 2 atom stereocenters. The van der Waals surface area contributed by atoms with Gasteiger partial charge in [-0.1, -0.05) is 12.1 Å². The van der Waals surface area contributed by atoms with Crippen molar-refractivity contribution in [3.8, 4) is 5.75 Å². The lowest BCUT2D eigenvalue weighted by Crippen LogP contribution is -2.28. The highest BCUT2D eigenvalue weighted by Gasteiger charge is 2.28. The second kappa shape index (κ2) is 11.0. The Kier molecular flexibility index (Phi) is 7.66. The molecule has 1 aromatic heterocycles. The van der Waals surface area contributed by atoms with Gasteiger partial charge in [-0.15, -0.1) is 10.2 Å². The van der Waals surface area contributed by atoms with Gasteiger partial charge in [-0.2, -0.15) is 4.80 Å². The van der Waals surface area contributed by atoms with E-state index in [2.05, 4.69) is 15.4 Å². The van der Waals surface area contributed by atoms with E-state index in [0.29, 0.717) is 24.4 Å². The Morgan fingerprint density at radius 3 is 2.63 bits per heavy atom. The molecule has 10 nitrogen and oxygen atoms in total. The molecule has 0 bridgehead atoms. The molecular weight excluding hydrogens is 457 g/mol. The predicted octanol–water partition coefficient (Wildman–Crippen LogP) is 2.06. The number of halogens is 1. The number of hydrogen-bond donors (Lipinski definition) is 1. The van der Waals surface area contributed by atoms with Gasteiger partial charge in [0.2, 0.25) is 0 Å². The molecule has 1 amide bonds. The lowest BCUT2D eigenvalue weighted by atomic mass is 9.99. The van der Waals surface area contributed by atoms with Crippen LogP contribution in [0.4, 0.5) is 4.39 Å². The highest BCUT2D eigenvalue weighted by Crippen LogP contribution is 2.28. The molecule has 3 aromatic rings. The summed E-state index contributed by atoms with van der Waals surface area (Å²) in [7, 11) is 0. The van der Waals surface area contributed by atoms with Crippen molar-refractivity contribution in [1.29, 1.82) is 0 Å². The van der Waals surface area contributed by atoms with Crippen LogP contribution in [-0.2, 0) is 11.3 Å². The highest BCUT2D eigenvalue weighted by atomic mass is 19.1. The van der Waals surface area contributed by atoms with Crippen molar-refractivity contribution >= 4 is 11.9 Å². The fraction of sp³-hybridized carbons (Fsp3) is 0.375. The fourth-order valence-corrected chi connectivity index (χ4v) is 3.86. The number of hydrogen-bond acceptors (Lipinski definition) is 8. The third-order valence-corrected chi connectivity index (χ3v) is 5.65. The molecule has 0 saturated carbocycles. The third kappa shape index (κ3) is 6.18. The van der Waals surface area contributed by atoms with Crippen LogP contribution in [0.25, 0.3) is 0 Å². The molecule has 4 rings (SSSR count). The molecule has 0 spiro atoms. The van der Waals surface area contributed by atoms with Crippen molar-refractivity contribution in [2.24, 2.45) is 0 Å². The maximum atomic E-state index is 13.2. The van der Waals surface area contributed by atoms with Gasteiger partial charge >= 0.3 is 5.97 Å². The van der Waals surface area contributed by atoms with E-state index < -0.39 is 12.1 Å². The van der Waals surface area contributed by atoms with E-state index in [-0.39, 0.29) is 43.2 Å². The summed E-state index contributed by atoms with van der Waals surface area (Å²) in [5.41, 5.74) is 1.57. The number of aromatic nitrogens is 4. The minimum atomic E-state index is -0.950. The molecule has 2 aromatic carbocycles. The van der Waals surface area contributed by atoms with Gasteiger partial charge in [0.1, 0.15) is 24.3 Å². The first-order valence-corrected chi connectivity index (χ1v) is 11.3. The van der Waals surface area contributed by atoms with E-state index in [1.54, 1.807) is 48.2 Å². The number of aliphatic hydroxyl groups excluding tert-OH is 1. The standard InChI is InChI=1S/C24H26FN5O5/c1-2-34-24(33)22-26-28-30(27-22)14-20(31)15-35-21-9-5-17(6-10-21)23(32)29-12-11-18(13-29)16-3-7-19(25)8-4-16/h3-10,18,20,31H,2,11-15H2,1H3/t18-,20+/m0/s1. The second-order valence-electron chi connectivity index (χ2n) is 8.17. The molecule has 11 heteroatoms. The summed E-state index contributed by atoms with van der Waals surface area (Å²) in [6.45, 7) is 3.03. The summed E-state index contributed by atoms with van der Waals surface area (Å²) >= 11 is 0. The largest absolute Gasteiger partial charge is 0.491 e. The van der Waals surface area contributed by atoms with Crippen LogP contribution in [0.3, 0.4) is 0 Å². The van der Waals surface area contributed by atoms with E-state index in [4.69, 9.17) is 9.47 Å². The average molecular weight is 484 g/mol. The Hall–Kier alpha value is -3.86. The topological polar surface area (TPSA) is 120 Å². The van der Waals surface area contributed by atoms with E-state index in [9.17, 15) is 19.1 Å². The van der Waals surface area contributed by atoms with Gasteiger partial charge in [-0.25, -0.2) is 9.18 Å². The first-order chi connectivity index (χ1) is 16.9. The maximum Gasteiger partial charge on any atom is 0.380 e. The Morgan fingerprint density at radius 1 is 1.17 bits per heavy atom. The maximum absolute atomic E-state index is 13.2. The van der Waals surface area contributed by atoms with Gasteiger partial charge in [0.25, 0.3) is 11.7 Å². The molecule has 0 unspecified atom stereocenters. The zero-order valence-corrected chi connectivity index (χ0v) is 19.2. The molecule has 1 fully saturated rings. The fourth-order valence-electron chi connectivity index (χ4n) is 3.86. The lowest BCUT2D eigenvalue weighted by molar-refractivity contribution is 0.0509. The summed E-state index contributed by atoms with van der Waals surface area (Å²) in [6, 6.07) is 13.1. The van der Waals surface area contributed by atoms with Crippen molar-refractivity contribution in [1.82, 2.24) is 25.1 Å². The Bertz CT molecular complexity index is 1150. The number of amides is 1. The van der Waals surface area contributed by atoms with Crippen molar-refractivity contribution < 1.29 is 28.6 Å². The van der Waals surface area contributed by atoms with E-state index >= 15 is 0 Å². The molecule has 1 saturated heterocycles. The zero-order valence-electron chi connectivity index (χ0n) is 19.2. The molecule has 1 N–H and O–H groups in total. The number of carbonyl (C=O) groups is 2. The SMILES string of the molecule is CCOC(=O)c1nnn(C[C@@H](O)COc2ccc(C(=O)N3CC[C@H](c4ccc(F)cc4)C3)cc2)n1. The van der Waals surface area contributed by atoms with Crippen molar-refractivity contribution in [2.45, 2.75) is 31.9 Å². The zero-order chi connectivity index (χ0) is 24.8. The Balaban J connectivity index is 1.25. The summed E-state index contributed by atoms with van der Waals surface area (Å²) in [6.07, 6.45) is -0.119. The number of aliphatic hydroxyl groups is 1. The van der Waals surface area contributed by atoms with Gasteiger partial charge in [0, 0.05) is 24.6 Å². The molecule has 1 aliphatic rings. The first kappa shape index (κ1) is 24.3. The number of esters is 1. The van der Waals surface area contributed by atoms with Crippen LogP contribution in [0.5, 0.6) is 5.75 Å². The number of benzene rings is 2. The van der Waals surface area contributed by atoms with Crippen LogP contribution in [0, 0.1) is 5.82 Å². The molecule has 0 aliphatic carbocycles. The van der Waals surface area contributed by atoms with Gasteiger partial charge in [-0.3, -0.25) is 4.79 Å². The number of carbonyl (C=O) groups excluding carboxylic acids is 2. The Labute approximate surface area is 201 Å². The van der Waals surface area contributed by atoms with Crippen LogP contribution in [-0.4, -0.2) is 74.5 Å². The summed E-state index contributed by atoms with van der Waals surface area (Å²) < 4.78 is 23.6. The normalized spacial score (nSPS) is 16.2. The summed E-state index contributed by atoms with van der Waals surface area (Å²) in [5.74, 6) is -0.522. The smallest absolute Gasteiger partial charge is 0.380 e. The molecule has 0 radical (unpaired) electrons. The molecule has 35 heavy (non-hydrogen) atoms. The van der Waals surface area contributed by atoms with Crippen molar-refractivity contribution in [3.05, 3.63) is 71.3 Å². The lowest BCUT2D eigenvalue weighted by Gasteiger charge is -2.17. The monoisotopic (exact) mass is 483 g/mol. The summed E-state index contributed by atoms with van der Waals surface area (Å²) in [4.78, 5) is 27.3. The number of nitrogens with zero attached hydrogens (tertiary/aromatic N) is 5. The van der Waals surface area contributed by atoms with Gasteiger partial charge in [0.15, 0.2) is 0 Å². The van der Waals surface area contributed by atoms with E-state index in [1.165, 1.54) is 12.1 Å². The quantitative estimate of drug-likeness (QED) is 0.460. The minimum absolute atomic E-state index is 0.0207. The Morgan fingerprint density at radius 2 is 1.91 bits per heavy atom. The van der Waals surface area contributed by atoms with Gasteiger partial charge in [-0.05, 0) is 60.5 Å². The van der Waals surface area contributed by atoms with E-state index in [0.717, 1.165) is 16.8 Å². The third-order valence-electron chi connectivity index (χ3n) is 5.65. The highest BCUT2D eigenvalue weighted by molar-refractivity contribution is 5.94. The molecule has 2 heterocycles. The number of ether oxygens (including phenoxy) is 2. The van der Waals surface area contributed by atoms with Crippen molar-refractivity contribution in [2.75, 3.05) is 26.3 Å². The summed E-state index contributed by atoms with van der Waals surface area (Å²) in [5, 5.41) is 21.4. The molecule has 1 aliphatic heterocycles. The number of tetrazole rings is 1. The van der Waals surface area contributed by atoms with Crippen LogP contribution in [0.2, 0.25) is 0 Å². The van der Waals surface area contributed by atoms with Gasteiger partial charge < -0.3 is 19.5 Å². The van der Waals surface area contributed by atoms with Crippen LogP contribution >= 0.6 is 0 Å². The average Bonchev–Trinajstić information content (AvgIpc) is 3.54. The van der Waals surface area contributed by atoms with Crippen LogP contribution < -0.4 is 4.74 Å². The van der Waals surface area contributed by atoms with Crippen molar-refractivity contribution in [3.63, 3.8) is 0 Å². The molecular formula is C24H26FN5O5. The number of likely N-dealkylation sites (tertiary alicyclic amines) is 1. The van der Waals surface area contributed by atoms with E-state index in [1.807, 2.05) is 0 Å². The number of rotatable bonds is 9. The van der Waals surface area contributed by atoms with Crippen LogP contribution in [0.15, 0.2) is 48.5 Å². The minimum Gasteiger partial charge on any atom is -0.491 e. The second-order valence-corrected chi connectivity index (χ2v) is 8.17.